The summed E-state index contributed by atoms with van der Waals surface area (Å²) in [6.45, 7) is 2.04. The molecule has 0 unspecified atom stereocenters. The van der Waals surface area contributed by atoms with Gasteiger partial charge in [0, 0.05) is 43.3 Å². The van der Waals surface area contributed by atoms with Gasteiger partial charge in [0.25, 0.3) is 0 Å². The van der Waals surface area contributed by atoms with Crippen LogP contribution in [-0.4, -0.2) is 49.7 Å². The Kier molecular flexibility index (Phi) is 8.97. The van der Waals surface area contributed by atoms with E-state index in [0.29, 0.717) is 43.3 Å². The summed E-state index contributed by atoms with van der Waals surface area (Å²) in [5.41, 5.74) is 3.85. The molecule has 4 aromatic carbocycles. The Bertz CT molecular complexity index is 1480. The topological polar surface area (TPSA) is 69.7 Å². The summed E-state index contributed by atoms with van der Waals surface area (Å²) in [7, 11) is -3.66. The van der Waals surface area contributed by atoms with Crippen molar-refractivity contribution in [2.45, 2.75) is 23.8 Å². The van der Waals surface area contributed by atoms with E-state index in [1.165, 1.54) is 11.1 Å². The Morgan fingerprint density at radius 3 is 1.88 bits per heavy atom. The highest BCUT2D eigenvalue weighted by molar-refractivity contribution is 7.89. The van der Waals surface area contributed by atoms with Gasteiger partial charge in [0.2, 0.25) is 15.9 Å². The number of amides is 1. The lowest BCUT2D eigenvalue weighted by atomic mass is 9.96. The molecular weight excluding hydrogens is 542 g/mol. The number of benzene rings is 4. The second kappa shape index (κ2) is 12.8. The standard InChI is InChI=1S/C32H32ClN3O3S/c33-30-14-8-7-9-25(30)15-20-31(37)34-28-16-18-29(19-17-28)40(38,39)36-23-21-35(22-24-36)32(26-10-3-1-4-11-26)27-12-5-2-6-13-27/h1-14,16-19,32H,15,20-24H2,(H,34,37). The van der Waals surface area contributed by atoms with Crippen LogP contribution in [0.4, 0.5) is 5.69 Å². The van der Waals surface area contributed by atoms with Crippen LogP contribution in [-0.2, 0) is 21.2 Å². The van der Waals surface area contributed by atoms with E-state index in [4.69, 9.17) is 11.6 Å². The van der Waals surface area contributed by atoms with Crippen molar-refractivity contribution in [2.75, 3.05) is 31.5 Å². The van der Waals surface area contributed by atoms with Gasteiger partial charge in [-0.2, -0.15) is 4.31 Å². The molecule has 1 aliphatic heterocycles. The average molecular weight is 574 g/mol. The van der Waals surface area contributed by atoms with Crippen molar-refractivity contribution in [3.63, 3.8) is 0 Å². The van der Waals surface area contributed by atoms with Crippen LogP contribution in [0.15, 0.2) is 114 Å². The van der Waals surface area contributed by atoms with Gasteiger partial charge in [-0.25, -0.2) is 8.42 Å². The molecule has 0 aliphatic carbocycles. The minimum atomic E-state index is -3.66. The number of carbonyl (C=O) groups excluding carboxylic acids is 1. The molecule has 0 aromatic heterocycles. The zero-order chi connectivity index (χ0) is 28.0. The number of sulfonamides is 1. The minimum absolute atomic E-state index is 0.0630. The van der Waals surface area contributed by atoms with Crippen molar-refractivity contribution < 1.29 is 13.2 Å². The zero-order valence-electron chi connectivity index (χ0n) is 22.1. The predicted octanol–water partition coefficient (Wildman–Crippen LogP) is 6.01. The van der Waals surface area contributed by atoms with Gasteiger partial charge in [-0.3, -0.25) is 9.69 Å². The van der Waals surface area contributed by atoms with E-state index >= 15 is 0 Å². The quantitative estimate of drug-likeness (QED) is 0.266. The summed E-state index contributed by atoms with van der Waals surface area (Å²) in [5, 5.41) is 3.48. The summed E-state index contributed by atoms with van der Waals surface area (Å²) < 4.78 is 28.4. The number of hydrogen-bond donors (Lipinski definition) is 1. The lowest BCUT2D eigenvalue weighted by Crippen LogP contribution is -2.49. The number of hydrogen-bond acceptors (Lipinski definition) is 4. The maximum atomic E-state index is 13.4. The van der Waals surface area contributed by atoms with Gasteiger partial charge in [0.1, 0.15) is 0 Å². The predicted molar refractivity (Wildman–Crippen MR) is 160 cm³/mol. The first-order valence-corrected chi connectivity index (χ1v) is 15.2. The molecular formula is C32H32ClN3O3S. The lowest BCUT2D eigenvalue weighted by Gasteiger charge is -2.39. The first kappa shape index (κ1) is 28.1. The Morgan fingerprint density at radius 2 is 1.30 bits per heavy atom. The molecule has 0 spiro atoms. The van der Waals surface area contributed by atoms with E-state index in [2.05, 4.69) is 34.5 Å². The van der Waals surface area contributed by atoms with Crippen molar-refractivity contribution in [1.82, 2.24) is 9.21 Å². The van der Waals surface area contributed by atoms with E-state index in [1.54, 1.807) is 34.6 Å². The highest BCUT2D eigenvalue weighted by atomic mass is 35.5. The highest BCUT2D eigenvalue weighted by Gasteiger charge is 2.32. The van der Waals surface area contributed by atoms with Gasteiger partial charge < -0.3 is 5.32 Å². The number of piperazine rings is 1. The summed E-state index contributed by atoms with van der Waals surface area (Å²) in [4.78, 5) is 15.0. The van der Waals surface area contributed by atoms with Crippen LogP contribution in [0, 0.1) is 0 Å². The fraction of sp³-hybridized carbons (Fsp3) is 0.219. The molecule has 1 heterocycles. The first-order valence-electron chi connectivity index (χ1n) is 13.4. The van der Waals surface area contributed by atoms with Crippen molar-refractivity contribution in [3.8, 4) is 0 Å². The van der Waals surface area contributed by atoms with Crippen LogP contribution >= 0.6 is 11.6 Å². The Hall–Kier alpha value is -3.49. The number of carbonyl (C=O) groups is 1. The molecule has 0 radical (unpaired) electrons. The maximum Gasteiger partial charge on any atom is 0.243 e. The van der Waals surface area contributed by atoms with Gasteiger partial charge in [0.15, 0.2) is 0 Å². The van der Waals surface area contributed by atoms with Crippen LogP contribution in [0.5, 0.6) is 0 Å². The van der Waals surface area contributed by atoms with Crippen LogP contribution in [0.1, 0.15) is 29.2 Å². The minimum Gasteiger partial charge on any atom is -0.326 e. The molecule has 1 N–H and O–H groups in total. The molecule has 8 heteroatoms. The average Bonchev–Trinajstić information content (AvgIpc) is 2.99. The Balaban J connectivity index is 1.20. The van der Waals surface area contributed by atoms with E-state index in [9.17, 15) is 13.2 Å². The third kappa shape index (κ3) is 6.62. The Labute approximate surface area is 241 Å². The normalized spacial score (nSPS) is 14.8. The van der Waals surface area contributed by atoms with Crippen molar-refractivity contribution in [2.24, 2.45) is 0 Å². The first-order chi connectivity index (χ1) is 19.4. The van der Waals surface area contributed by atoms with Crippen LogP contribution in [0.3, 0.4) is 0 Å². The molecule has 1 saturated heterocycles. The van der Waals surface area contributed by atoms with Gasteiger partial charge >= 0.3 is 0 Å². The summed E-state index contributed by atoms with van der Waals surface area (Å²) in [6.07, 6.45) is 0.806. The molecule has 5 rings (SSSR count). The van der Waals surface area contributed by atoms with E-state index < -0.39 is 10.0 Å². The van der Waals surface area contributed by atoms with E-state index in [-0.39, 0.29) is 23.3 Å². The van der Waals surface area contributed by atoms with E-state index in [0.717, 1.165) is 5.56 Å². The summed E-state index contributed by atoms with van der Waals surface area (Å²) >= 11 is 6.18. The number of anilines is 1. The van der Waals surface area contributed by atoms with Crippen LogP contribution < -0.4 is 5.32 Å². The van der Waals surface area contributed by atoms with Crippen LogP contribution in [0.25, 0.3) is 0 Å². The third-order valence-corrected chi connectivity index (χ3v) is 9.51. The van der Waals surface area contributed by atoms with Gasteiger partial charge in [0.05, 0.1) is 10.9 Å². The van der Waals surface area contributed by atoms with Gasteiger partial charge in [-0.15, -0.1) is 0 Å². The maximum absolute atomic E-state index is 13.4. The molecule has 6 nitrogen and oxygen atoms in total. The molecule has 1 amide bonds. The van der Waals surface area contributed by atoms with E-state index in [1.807, 2.05) is 54.6 Å². The number of rotatable bonds is 9. The van der Waals surface area contributed by atoms with Crippen molar-refractivity contribution >= 4 is 33.2 Å². The second-order valence-electron chi connectivity index (χ2n) is 9.83. The Morgan fingerprint density at radius 1 is 0.750 bits per heavy atom. The van der Waals surface area contributed by atoms with Crippen LogP contribution in [0.2, 0.25) is 5.02 Å². The molecule has 0 atom stereocenters. The monoisotopic (exact) mass is 573 g/mol. The van der Waals surface area contributed by atoms with Crippen molar-refractivity contribution in [1.29, 1.82) is 0 Å². The number of halogens is 1. The number of aryl methyl sites for hydroxylation is 1. The molecule has 0 saturated carbocycles. The van der Waals surface area contributed by atoms with Gasteiger partial charge in [-0.05, 0) is 53.4 Å². The molecule has 206 valence electrons. The highest BCUT2D eigenvalue weighted by Crippen LogP contribution is 2.30. The lowest BCUT2D eigenvalue weighted by molar-refractivity contribution is -0.116. The fourth-order valence-electron chi connectivity index (χ4n) is 5.12. The van der Waals surface area contributed by atoms with Crippen molar-refractivity contribution in [3.05, 3.63) is 131 Å². The molecule has 1 aliphatic rings. The summed E-state index contributed by atoms with van der Waals surface area (Å²) in [5.74, 6) is -0.155. The third-order valence-electron chi connectivity index (χ3n) is 7.22. The number of nitrogens with zero attached hydrogens (tertiary/aromatic N) is 2. The second-order valence-corrected chi connectivity index (χ2v) is 12.2. The molecule has 1 fully saturated rings. The fourth-order valence-corrected chi connectivity index (χ4v) is 6.77. The molecule has 4 aromatic rings. The molecule has 0 bridgehead atoms. The number of nitrogens with one attached hydrogen (secondary N) is 1. The molecule has 40 heavy (non-hydrogen) atoms. The summed E-state index contributed by atoms with van der Waals surface area (Å²) in [6, 6.07) is 34.6. The zero-order valence-corrected chi connectivity index (χ0v) is 23.7. The van der Waals surface area contributed by atoms with Gasteiger partial charge in [-0.1, -0.05) is 90.5 Å². The smallest absolute Gasteiger partial charge is 0.243 e. The largest absolute Gasteiger partial charge is 0.326 e. The SMILES string of the molecule is O=C(CCc1ccccc1Cl)Nc1ccc(S(=O)(=O)N2CCN(C(c3ccccc3)c3ccccc3)CC2)cc1.